The first-order valence-corrected chi connectivity index (χ1v) is 6.69. The Morgan fingerprint density at radius 3 is 2.53 bits per heavy atom. The van der Waals surface area contributed by atoms with Crippen molar-refractivity contribution >= 4 is 5.57 Å². The second-order valence-electron chi connectivity index (χ2n) is 4.91. The van der Waals surface area contributed by atoms with Crippen molar-refractivity contribution in [1.29, 1.82) is 0 Å². The van der Waals surface area contributed by atoms with Crippen LogP contribution in [-0.4, -0.2) is 4.98 Å². The zero-order chi connectivity index (χ0) is 13.1. The molecule has 0 unspecified atom stereocenters. The number of benzene rings is 1. The Labute approximate surface area is 114 Å². The topological polar surface area (TPSA) is 12.9 Å². The maximum Gasteiger partial charge on any atom is 0.0444 e. The predicted octanol–water partition coefficient (Wildman–Crippen LogP) is 4.43. The van der Waals surface area contributed by atoms with Gasteiger partial charge < -0.3 is 0 Å². The van der Waals surface area contributed by atoms with Gasteiger partial charge in [0, 0.05) is 18.3 Å². The van der Waals surface area contributed by atoms with E-state index in [1.54, 1.807) is 0 Å². The lowest BCUT2D eigenvalue weighted by Crippen LogP contribution is -1.93. The van der Waals surface area contributed by atoms with Gasteiger partial charge in [0.1, 0.15) is 0 Å². The molecule has 1 aliphatic rings. The summed E-state index contributed by atoms with van der Waals surface area (Å²) < 4.78 is 0. The Morgan fingerprint density at radius 2 is 1.79 bits per heavy atom. The van der Waals surface area contributed by atoms with Crippen molar-refractivity contribution in [3.05, 3.63) is 83.2 Å². The fraction of sp³-hybridized carbons (Fsp3) is 0.167. The molecular formula is C18H17N. The third kappa shape index (κ3) is 2.50. The molecule has 1 heterocycles. The van der Waals surface area contributed by atoms with Crippen LogP contribution in [0.1, 0.15) is 24.6 Å². The summed E-state index contributed by atoms with van der Waals surface area (Å²) in [5.41, 5.74) is 6.75. The maximum atomic E-state index is 4.42. The molecule has 0 saturated heterocycles. The van der Waals surface area contributed by atoms with Gasteiger partial charge in [-0.25, -0.2) is 0 Å². The minimum absolute atomic E-state index is 0.958. The number of hydrogen-bond donors (Lipinski definition) is 0. The molecule has 0 bridgehead atoms. The molecular weight excluding hydrogens is 230 g/mol. The molecule has 3 rings (SSSR count). The summed E-state index contributed by atoms with van der Waals surface area (Å²) in [6.45, 7) is 2.23. The van der Waals surface area contributed by atoms with Crippen molar-refractivity contribution in [2.75, 3.05) is 0 Å². The van der Waals surface area contributed by atoms with Gasteiger partial charge in [-0.2, -0.15) is 0 Å². The number of nitrogens with zero attached hydrogens (tertiary/aromatic N) is 1. The van der Waals surface area contributed by atoms with E-state index in [0.717, 1.165) is 18.5 Å². The molecule has 0 N–H and O–H groups in total. The van der Waals surface area contributed by atoms with Crippen molar-refractivity contribution in [3.63, 3.8) is 0 Å². The first-order valence-electron chi connectivity index (χ1n) is 6.69. The van der Waals surface area contributed by atoms with Crippen LogP contribution >= 0.6 is 0 Å². The van der Waals surface area contributed by atoms with E-state index in [2.05, 4.69) is 60.4 Å². The van der Waals surface area contributed by atoms with E-state index in [1.165, 1.54) is 22.3 Å². The van der Waals surface area contributed by atoms with Crippen molar-refractivity contribution in [3.8, 4) is 0 Å². The SMILES string of the molecule is CC1=C(Cc2ccccn2)CC=C1c1ccccc1. The molecule has 1 aromatic carbocycles. The van der Waals surface area contributed by atoms with E-state index in [4.69, 9.17) is 0 Å². The van der Waals surface area contributed by atoms with Crippen LogP contribution in [-0.2, 0) is 6.42 Å². The number of hydrogen-bond acceptors (Lipinski definition) is 1. The van der Waals surface area contributed by atoms with Gasteiger partial charge in [0.05, 0.1) is 0 Å². The minimum Gasteiger partial charge on any atom is -0.261 e. The predicted molar refractivity (Wildman–Crippen MR) is 79.7 cm³/mol. The third-order valence-electron chi connectivity index (χ3n) is 3.69. The summed E-state index contributed by atoms with van der Waals surface area (Å²) in [5, 5.41) is 0. The molecule has 19 heavy (non-hydrogen) atoms. The third-order valence-corrected chi connectivity index (χ3v) is 3.69. The molecule has 1 heteroatoms. The molecule has 94 valence electrons. The Balaban J connectivity index is 1.84. The highest BCUT2D eigenvalue weighted by atomic mass is 14.7. The second-order valence-corrected chi connectivity index (χ2v) is 4.91. The lowest BCUT2D eigenvalue weighted by atomic mass is 9.99. The second kappa shape index (κ2) is 5.23. The first-order chi connectivity index (χ1) is 9.34. The van der Waals surface area contributed by atoms with Gasteiger partial charge in [0.15, 0.2) is 0 Å². The summed E-state index contributed by atoms with van der Waals surface area (Å²) in [6, 6.07) is 16.7. The minimum atomic E-state index is 0.958. The smallest absolute Gasteiger partial charge is 0.0444 e. The monoisotopic (exact) mass is 247 g/mol. The summed E-state index contributed by atoms with van der Waals surface area (Å²) in [7, 11) is 0. The average Bonchev–Trinajstić information content (AvgIpc) is 2.82. The van der Waals surface area contributed by atoms with E-state index in [9.17, 15) is 0 Å². The molecule has 0 amide bonds. The van der Waals surface area contributed by atoms with Crippen LogP contribution in [0.3, 0.4) is 0 Å². The molecule has 0 atom stereocenters. The van der Waals surface area contributed by atoms with Gasteiger partial charge >= 0.3 is 0 Å². The van der Waals surface area contributed by atoms with Gasteiger partial charge in [0.2, 0.25) is 0 Å². The van der Waals surface area contributed by atoms with Gasteiger partial charge in [-0.05, 0) is 42.2 Å². The molecule has 1 aliphatic carbocycles. The maximum absolute atomic E-state index is 4.42. The van der Waals surface area contributed by atoms with Gasteiger partial charge in [0.25, 0.3) is 0 Å². The normalized spacial score (nSPS) is 14.7. The van der Waals surface area contributed by atoms with E-state index in [-0.39, 0.29) is 0 Å². The van der Waals surface area contributed by atoms with E-state index in [1.807, 2.05) is 12.3 Å². The van der Waals surface area contributed by atoms with E-state index >= 15 is 0 Å². The van der Waals surface area contributed by atoms with Gasteiger partial charge in [-0.15, -0.1) is 0 Å². The quantitative estimate of drug-likeness (QED) is 0.782. The van der Waals surface area contributed by atoms with Gasteiger partial charge in [-0.1, -0.05) is 48.0 Å². The number of allylic oxidation sites excluding steroid dienone is 4. The van der Waals surface area contributed by atoms with Crippen LogP contribution in [0.25, 0.3) is 5.57 Å². The molecule has 0 saturated carbocycles. The Kier molecular flexibility index (Phi) is 3.28. The molecule has 0 spiro atoms. The molecule has 0 fully saturated rings. The Hall–Kier alpha value is -2.15. The highest BCUT2D eigenvalue weighted by molar-refractivity contribution is 5.82. The van der Waals surface area contributed by atoms with Crippen LogP contribution in [0.15, 0.2) is 72.0 Å². The Bertz CT molecular complexity index is 621. The van der Waals surface area contributed by atoms with Crippen LogP contribution in [0.2, 0.25) is 0 Å². The van der Waals surface area contributed by atoms with Crippen LogP contribution in [0.4, 0.5) is 0 Å². The molecule has 0 aliphatic heterocycles. The number of aromatic nitrogens is 1. The van der Waals surface area contributed by atoms with Crippen LogP contribution < -0.4 is 0 Å². The van der Waals surface area contributed by atoms with Crippen molar-refractivity contribution < 1.29 is 0 Å². The van der Waals surface area contributed by atoms with E-state index in [0.29, 0.717) is 0 Å². The number of rotatable bonds is 3. The lowest BCUT2D eigenvalue weighted by Gasteiger charge is -2.07. The fourth-order valence-corrected chi connectivity index (χ4v) is 2.60. The summed E-state index contributed by atoms with van der Waals surface area (Å²) >= 11 is 0. The highest BCUT2D eigenvalue weighted by Gasteiger charge is 2.15. The summed E-state index contributed by atoms with van der Waals surface area (Å²) in [6.07, 6.45) is 6.21. The molecule has 1 nitrogen and oxygen atoms in total. The van der Waals surface area contributed by atoms with Crippen molar-refractivity contribution in [2.24, 2.45) is 0 Å². The van der Waals surface area contributed by atoms with Crippen LogP contribution in [0, 0.1) is 0 Å². The molecule has 2 aromatic rings. The van der Waals surface area contributed by atoms with Crippen molar-refractivity contribution in [1.82, 2.24) is 4.98 Å². The van der Waals surface area contributed by atoms with E-state index < -0.39 is 0 Å². The summed E-state index contributed by atoms with van der Waals surface area (Å²) in [5.74, 6) is 0. The van der Waals surface area contributed by atoms with Crippen LogP contribution in [0.5, 0.6) is 0 Å². The highest BCUT2D eigenvalue weighted by Crippen LogP contribution is 2.34. The molecule has 0 radical (unpaired) electrons. The van der Waals surface area contributed by atoms with Gasteiger partial charge in [-0.3, -0.25) is 4.98 Å². The zero-order valence-corrected chi connectivity index (χ0v) is 11.1. The number of pyridine rings is 1. The largest absolute Gasteiger partial charge is 0.261 e. The fourth-order valence-electron chi connectivity index (χ4n) is 2.60. The summed E-state index contributed by atoms with van der Waals surface area (Å²) in [4.78, 5) is 4.42. The average molecular weight is 247 g/mol. The molecule has 1 aromatic heterocycles. The Morgan fingerprint density at radius 1 is 1.00 bits per heavy atom. The first kappa shape index (κ1) is 11.9. The van der Waals surface area contributed by atoms with Crippen molar-refractivity contribution in [2.45, 2.75) is 19.8 Å². The standard InChI is InChI=1S/C18H17N/c1-14-16(13-17-9-5-6-12-19-17)10-11-18(14)15-7-3-2-4-8-15/h2-9,11-12H,10,13H2,1H3. The lowest BCUT2D eigenvalue weighted by molar-refractivity contribution is 1.00. The zero-order valence-electron chi connectivity index (χ0n) is 11.1.